The molecular weight excluding hydrogens is 453 g/mol. The number of nitriles is 1. The highest BCUT2D eigenvalue weighted by Crippen LogP contribution is 2.41. The van der Waals surface area contributed by atoms with E-state index in [1.165, 1.54) is 17.7 Å². The summed E-state index contributed by atoms with van der Waals surface area (Å²) in [5.74, 6) is 0.534. The molecule has 1 aromatic carbocycles. The number of nitrogens with zero attached hydrogens (tertiary/aromatic N) is 3. The zero-order chi connectivity index (χ0) is 24.0. The topological polar surface area (TPSA) is 89.9 Å². The Labute approximate surface area is 189 Å². The van der Waals surface area contributed by atoms with Crippen LogP contribution in [0.15, 0.2) is 54.1 Å². The number of aromatic amines is 1. The number of nitrogens with one attached hydrogen (secondary N) is 1. The largest absolute Gasteiger partial charge is 0.404 e. The van der Waals surface area contributed by atoms with Gasteiger partial charge in [-0.3, -0.25) is 4.98 Å². The Hall–Kier alpha value is -3.16. The van der Waals surface area contributed by atoms with Gasteiger partial charge in [0.15, 0.2) is 0 Å². The van der Waals surface area contributed by atoms with Crippen molar-refractivity contribution in [3.8, 4) is 17.5 Å². The molecule has 172 valence electrons. The van der Waals surface area contributed by atoms with E-state index in [4.69, 9.17) is 0 Å². The SMILES string of the molecule is C=CCN(C(C)C(F)(F)F)S(=O)(=O)c1ccc(-c2[nH]c3cc(C4CC4)ccc3c2C#N)nc1. The summed E-state index contributed by atoms with van der Waals surface area (Å²) in [6.07, 6.45) is -0.364. The molecule has 0 spiro atoms. The number of sulfonamides is 1. The third-order valence-corrected chi connectivity index (χ3v) is 7.72. The minimum atomic E-state index is -4.74. The molecule has 1 unspecified atom stereocenters. The molecule has 0 aliphatic heterocycles. The minimum absolute atomic E-state index is 0.314. The second-order valence-corrected chi connectivity index (χ2v) is 9.92. The number of pyridine rings is 1. The number of benzene rings is 1. The normalized spacial score (nSPS) is 15.5. The van der Waals surface area contributed by atoms with E-state index < -0.39 is 28.8 Å². The first-order valence-electron chi connectivity index (χ1n) is 10.3. The molecule has 1 aliphatic carbocycles. The monoisotopic (exact) mass is 474 g/mol. The molecule has 0 saturated heterocycles. The fourth-order valence-electron chi connectivity index (χ4n) is 3.77. The van der Waals surface area contributed by atoms with E-state index in [9.17, 15) is 26.9 Å². The summed E-state index contributed by atoms with van der Waals surface area (Å²) in [7, 11) is -4.49. The van der Waals surface area contributed by atoms with E-state index in [0.29, 0.717) is 27.2 Å². The van der Waals surface area contributed by atoms with Crippen molar-refractivity contribution in [1.82, 2.24) is 14.3 Å². The molecule has 10 heteroatoms. The average molecular weight is 475 g/mol. The number of rotatable bonds is 7. The van der Waals surface area contributed by atoms with Gasteiger partial charge in [-0.15, -0.1) is 6.58 Å². The molecule has 1 saturated carbocycles. The smallest absolute Gasteiger partial charge is 0.352 e. The van der Waals surface area contributed by atoms with E-state index in [2.05, 4.69) is 22.6 Å². The van der Waals surface area contributed by atoms with Gasteiger partial charge in [0, 0.05) is 23.6 Å². The zero-order valence-electron chi connectivity index (χ0n) is 17.7. The van der Waals surface area contributed by atoms with Crippen molar-refractivity contribution < 1.29 is 21.6 Å². The Balaban J connectivity index is 1.71. The Morgan fingerprint density at radius 2 is 2.06 bits per heavy atom. The average Bonchev–Trinajstić information content (AvgIpc) is 3.56. The molecule has 0 bridgehead atoms. The second-order valence-electron chi connectivity index (χ2n) is 8.03. The van der Waals surface area contributed by atoms with E-state index in [0.717, 1.165) is 42.9 Å². The van der Waals surface area contributed by atoms with E-state index in [1.807, 2.05) is 18.2 Å². The van der Waals surface area contributed by atoms with Gasteiger partial charge in [-0.25, -0.2) is 8.42 Å². The van der Waals surface area contributed by atoms with Gasteiger partial charge in [0.05, 0.1) is 17.0 Å². The minimum Gasteiger partial charge on any atom is -0.352 e. The number of hydrogen-bond acceptors (Lipinski definition) is 4. The van der Waals surface area contributed by atoms with Gasteiger partial charge >= 0.3 is 6.18 Å². The van der Waals surface area contributed by atoms with Crippen molar-refractivity contribution in [1.29, 1.82) is 5.26 Å². The fraction of sp³-hybridized carbons (Fsp3) is 0.304. The summed E-state index contributed by atoms with van der Waals surface area (Å²) in [6.45, 7) is 3.64. The molecular formula is C23H21F3N4O2S. The summed E-state index contributed by atoms with van der Waals surface area (Å²) in [6, 6.07) is 8.38. The summed E-state index contributed by atoms with van der Waals surface area (Å²) in [5.41, 5.74) is 3.08. The molecule has 0 amide bonds. The molecule has 1 fully saturated rings. The zero-order valence-corrected chi connectivity index (χ0v) is 18.5. The summed E-state index contributed by atoms with van der Waals surface area (Å²) in [5, 5.41) is 10.4. The Bertz CT molecular complexity index is 1350. The third kappa shape index (κ3) is 4.26. The van der Waals surface area contributed by atoms with Crippen LogP contribution in [0.3, 0.4) is 0 Å². The van der Waals surface area contributed by atoms with E-state index in [-0.39, 0.29) is 4.90 Å². The predicted octanol–water partition coefficient (Wildman–Crippen LogP) is 5.11. The van der Waals surface area contributed by atoms with Crippen molar-refractivity contribution in [2.75, 3.05) is 6.54 Å². The highest BCUT2D eigenvalue weighted by Gasteiger charge is 2.44. The summed E-state index contributed by atoms with van der Waals surface area (Å²) < 4.78 is 65.8. The van der Waals surface area contributed by atoms with Crippen LogP contribution in [0.25, 0.3) is 22.3 Å². The van der Waals surface area contributed by atoms with Gasteiger partial charge in [-0.2, -0.15) is 22.7 Å². The first-order chi connectivity index (χ1) is 15.6. The molecule has 2 aromatic heterocycles. The lowest BCUT2D eigenvalue weighted by Crippen LogP contribution is -2.46. The fourth-order valence-corrected chi connectivity index (χ4v) is 5.30. The molecule has 0 radical (unpaired) electrons. The van der Waals surface area contributed by atoms with Crippen molar-refractivity contribution >= 4 is 20.9 Å². The number of alkyl halides is 3. The van der Waals surface area contributed by atoms with Gasteiger partial charge < -0.3 is 4.98 Å². The molecule has 3 aromatic rings. The molecule has 1 aliphatic rings. The van der Waals surface area contributed by atoms with Gasteiger partial charge in [0.25, 0.3) is 0 Å². The second kappa shape index (κ2) is 8.32. The summed E-state index contributed by atoms with van der Waals surface area (Å²) >= 11 is 0. The van der Waals surface area contributed by atoms with Crippen LogP contribution in [0.4, 0.5) is 13.2 Å². The molecule has 33 heavy (non-hydrogen) atoms. The molecule has 4 rings (SSSR count). The van der Waals surface area contributed by atoms with Crippen molar-refractivity contribution in [2.45, 2.75) is 42.8 Å². The van der Waals surface area contributed by atoms with Gasteiger partial charge in [0.2, 0.25) is 10.0 Å². The van der Waals surface area contributed by atoms with Crippen LogP contribution < -0.4 is 0 Å². The predicted molar refractivity (Wildman–Crippen MR) is 118 cm³/mol. The Morgan fingerprint density at radius 1 is 1.33 bits per heavy atom. The van der Waals surface area contributed by atoms with Crippen molar-refractivity contribution in [3.63, 3.8) is 0 Å². The third-order valence-electron chi connectivity index (χ3n) is 5.80. The molecule has 6 nitrogen and oxygen atoms in total. The highest BCUT2D eigenvalue weighted by atomic mass is 32.2. The Morgan fingerprint density at radius 3 is 2.61 bits per heavy atom. The standard InChI is InChI=1S/C23H21F3N4O2S/c1-3-10-30(14(2)23(24,25)26)33(31,32)17-7-9-20(28-13-17)22-19(12-27)18-8-6-16(15-4-5-15)11-21(18)29-22/h3,6-9,11,13-15,29H,1,4-5,10H2,2H3. The van der Waals surface area contributed by atoms with Crippen LogP contribution in [-0.4, -0.2) is 41.5 Å². The maximum atomic E-state index is 13.2. The lowest BCUT2D eigenvalue weighted by Gasteiger charge is -2.28. The number of fused-ring (bicyclic) bond motifs is 1. The highest BCUT2D eigenvalue weighted by molar-refractivity contribution is 7.89. The summed E-state index contributed by atoms with van der Waals surface area (Å²) in [4.78, 5) is 6.96. The van der Waals surface area contributed by atoms with Crippen molar-refractivity contribution in [3.05, 3.63) is 60.3 Å². The molecule has 1 N–H and O–H groups in total. The Kier molecular flexibility index (Phi) is 5.80. The van der Waals surface area contributed by atoms with Crippen LogP contribution in [0.5, 0.6) is 0 Å². The quantitative estimate of drug-likeness (QED) is 0.482. The lowest BCUT2D eigenvalue weighted by atomic mass is 10.1. The lowest BCUT2D eigenvalue weighted by molar-refractivity contribution is -0.165. The maximum absolute atomic E-state index is 13.2. The number of aromatic nitrogens is 2. The van der Waals surface area contributed by atoms with Gasteiger partial charge in [-0.1, -0.05) is 18.2 Å². The van der Waals surface area contributed by atoms with E-state index >= 15 is 0 Å². The van der Waals surface area contributed by atoms with Gasteiger partial charge in [0.1, 0.15) is 17.0 Å². The molecule has 1 atom stereocenters. The number of halogens is 3. The maximum Gasteiger partial charge on any atom is 0.404 e. The van der Waals surface area contributed by atoms with Crippen LogP contribution >= 0.6 is 0 Å². The first-order valence-corrected chi connectivity index (χ1v) is 11.7. The van der Waals surface area contributed by atoms with Crippen LogP contribution in [0, 0.1) is 11.3 Å². The first kappa shape index (κ1) is 23.0. The molecule has 2 heterocycles. The van der Waals surface area contributed by atoms with E-state index in [1.54, 1.807) is 0 Å². The number of H-pyrrole nitrogens is 1. The number of hydrogen-bond donors (Lipinski definition) is 1. The van der Waals surface area contributed by atoms with Crippen LogP contribution in [0.1, 0.15) is 36.8 Å². The van der Waals surface area contributed by atoms with Gasteiger partial charge in [-0.05, 0) is 49.4 Å². The van der Waals surface area contributed by atoms with Crippen LogP contribution in [-0.2, 0) is 10.0 Å². The van der Waals surface area contributed by atoms with Crippen LogP contribution in [0.2, 0.25) is 0 Å². The van der Waals surface area contributed by atoms with Crippen molar-refractivity contribution in [2.24, 2.45) is 0 Å².